The van der Waals surface area contributed by atoms with Crippen LogP contribution in [0.4, 0.5) is 0 Å². The molecule has 1 amide bonds. The van der Waals surface area contributed by atoms with E-state index < -0.39 is 0 Å². The molecule has 0 bridgehead atoms. The molecule has 0 heterocycles. The summed E-state index contributed by atoms with van der Waals surface area (Å²) in [7, 11) is 0. The Kier molecular flexibility index (Phi) is 7.39. The fourth-order valence-corrected chi connectivity index (χ4v) is 1.49. The van der Waals surface area contributed by atoms with Gasteiger partial charge in [0.1, 0.15) is 0 Å². The first kappa shape index (κ1) is 14.4. The summed E-state index contributed by atoms with van der Waals surface area (Å²) in [5.74, 6) is 0.865. The fraction of sp³-hybridized carbons (Fsp3) is 0.917. The zero-order valence-electron chi connectivity index (χ0n) is 10.6. The second-order valence-corrected chi connectivity index (χ2v) is 4.76. The van der Waals surface area contributed by atoms with E-state index >= 15 is 0 Å². The highest BCUT2D eigenvalue weighted by atomic mass is 16.2. The van der Waals surface area contributed by atoms with Gasteiger partial charge in [-0.3, -0.25) is 4.79 Å². The van der Waals surface area contributed by atoms with Crippen molar-refractivity contribution in [2.24, 2.45) is 11.7 Å². The highest BCUT2D eigenvalue weighted by molar-refractivity contribution is 5.76. The molecule has 0 rings (SSSR count). The maximum atomic E-state index is 11.9. The number of nitrogens with zero attached hydrogens (tertiary/aromatic N) is 1. The molecule has 0 radical (unpaired) electrons. The van der Waals surface area contributed by atoms with Crippen LogP contribution >= 0.6 is 0 Å². The van der Waals surface area contributed by atoms with Crippen LogP contribution in [0.25, 0.3) is 0 Å². The van der Waals surface area contributed by atoms with E-state index in [0.29, 0.717) is 18.9 Å². The van der Waals surface area contributed by atoms with E-state index in [9.17, 15) is 4.79 Å². The number of carbonyl (C=O) groups is 1. The summed E-state index contributed by atoms with van der Waals surface area (Å²) in [6.07, 6.45) is 2.54. The van der Waals surface area contributed by atoms with E-state index in [1.54, 1.807) is 0 Å². The molecule has 0 unspecified atom stereocenters. The van der Waals surface area contributed by atoms with Crippen LogP contribution in [0.5, 0.6) is 0 Å². The number of nitrogens with two attached hydrogens (primary N) is 1. The lowest BCUT2D eigenvalue weighted by Gasteiger charge is -2.27. The topological polar surface area (TPSA) is 46.3 Å². The molecule has 2 N–H and O–H groups in total. The van der Waals surface area contributed by atoms with Crippen molar-refractivity contribution in [3.8, 4) is 0 Å². The van der Waals surface area contributed by atoms with Crippen molar-refractivity contribution in [1.82, 2.24) is 4.90 Å². The van der Waals surface area contributed by atoms with Crippen LogP contribution in [0.15, 0.2) is 0 Å². The first-order valence-corrected chi connectivity index (χ1v) is 5.98. The van der Waals surface area contributed by atoms with Gasteiger partial charge < -0.3 is 10.6 Å². The summed E-state index contributed by atoms with van der Waals surface area (Å²) in [5.41, 5.74) is 5.46. The average molecular weight is 214 g/mol. The van der Waals surface area contributed by atoms with Crippen LogP contribution in [0.1, 0.15) is 47.0 Å². The molecule has 0 saturated carbocycles. The molecule has 0 spiro atoms. The molecule has 0 aliphatic rings. The van der Waals surface area contributed by atoms with Crippen molar-refractivity contribution < 1.29 is 4.79 Å². The highest BCUT2D eigenvalue weighted by Gasteiger charge is 2.15. The second-order valence-electron chi connectivity index (χ2n) is 4.76. The number of carbonyl (C=O) groups excluding carboxylic acids is 1. The summed E-state index contributed by atoms with van der Waals surface area (Å²) in [5, 5.41) is 0. The number of hydrogen-bond donors (Lipinski definition) is 1. The molecule has 0 aromatic rings. The van der Waals surface area contributed by atoms with E-state index in [1.165, 1.54) is 0 Å². The van der Waals surface area contributed by atoms with E-state index in [0.717, 1.165) is 19.4 Å². The van der Waals surface area contributed by atoms with E-state index in [1.807, 2.05) is 4.90 Å². The van der Waals surface area contributed by atoms with Crippen LogP contribution in [-0.2, 0) is 4.79 Å². The van der Waals surface area contributed by atoms with Gasteiger partial charge in [-0.1, -0.05) is 13.8 Å². The van der Waals surface area contributed by atoms with Crippen molar-refractivity contribution in [2.45, 2.75) is 53.0 Å². The van der Waals surface area contributed by atoms with Crippen LogP contribution in [-0.4, -0.2) is 29.9 Å². The lowest BCUT2D eigenvalue weighted by Crippen LogP contribution is -2.38. The third-order valence-corrected chi connectivity index (χ3v) is 2.48. The van der Waals surface area contributed by atoms with Crippen LogP contribution in [0.2, 0.25) is 0 Å². The minimum Gasteiger partial charge on any atom is -0.340 e. The van der Waals surface area contributed by atoms with Gasteiger partial charge >= 0.3 is 0 Å². The zero-order valence-corrected chi connectivity index (χ0v) is 10.6. The van der Waals surface area contributed by atoms with Gasteiger partial charge in [-0.2, -0.15) is 0 Å². The summed E-state index contributed by atoms with van der Waals surface area (Å²) in [4.78, 5) is 13.8. The third-order valence-electron chi connectivity index (χ3n) is 2.48. The Morgan fingerprint density at radius 2 is 1.87 bits per heavy atom. The van der Waals surface area contributed by atoms with Gasteiger partial charge in [-0.25, -0.2) is 0 Å². The average Bonchev–Trinajstić information content (AvgIpc) is 2.14. The third kappa shape index (κ3) is 6.50. The molecule has 90 valence electrons. The molecule has 0 atom stereocenters. The second kappa shape index (κ2) is 7.69. The van der Waals surface area contributed by atoms with Crippen LogP contribution in [0.3, 0.4) is 0 Å². The predicted molar refractivity (Wildman–Crippen MR) is 64.6 cm³/mol. The number of hydrogen-bond acceptors (Lipinski definition) is 2. The number of rotatable bonds is 7. The molecule has 0 aliphatic heterocycles. The van der Waals surface area contributed by atoms with Gasteiger partial charge in [0, 0.05) is 19.0 Å². The minimum atomic E-state index is 0.271. The zero-order chi connectivity index (χ0) is 11.8. The molecular formula is C12H26N2O. The lowest BCUT2D eigenvalue weighted by molar-refractivity contribution is -0.133. The van der Waals surface area contributed by atoms with Gasteiger partial charge in [-0.05, 0) is 39.2 Å². The highest BCUT2D eigenvalue weighted by Crippen LogP contribution is 2.09. The predicted octanol–water partition coefficient (Wildman–Crippen LogP) is 2.01. The molecule has 0 aromatic carbocycles. The SMILES string of the molecule is CC(C)CCC(=O)N(CCCN)C(C)C. The number of amides is 1. The lowest BCUT2D eigenvalue weighted by atomic mass is 10.1. The van der Waals surface area contributed by atoms with E-state index in [2.05, 4.69) is 27.7 Å². The van der Waals surface area contributed by atoms with E-state index in [-0.39, 0.29) is 11.9 Å². The summed E-state index contributed by atoms with van der Waals surface area (Å²) in [6, 6.07) is 0.288. The van der Waals surface area contributed by atoms with Gasteiger partial charge in [0.2, 0.25) is 5.91 Å². The van der Waals surface area contributed by atoms with Crippen molar-refractivity contribution in [2.75, 3.05) is 13.1 Å². The summed E-state index contributed by atoms with van der Waals surface area (Å²) < 4.78 is 0. The Hall–Kier alpha value is -0.570. The Morgan fingerprint density at radius 3 is 2.27 bits per heavy atom. The van der Waals surface area contributed by atoms with Crippen LogP contribution < -0.4 is 5.73 Å². The Bertz CT molecular complexity index is 178. The Labute approximate surface area is 94.0 Å². The first-order valence-electron chi connectivity index (χ1n) is 5.98. The smallest absolute Gasteiger partial charge is 0.222 e. The minimum absolute atomic E-state index is 0.271. The molecule has 0 fully saturated rings. The van der Waals surface area contributed by atoms with Gasteiger partial charge in [0.15, 0.2) is 0 Å². The van der Waals surface area contributed by atoms with Crippen molar-refractivity contribution in [1.29, 1.82) is 0 Å². The van der Waals surface area contributed by atoms with Gasteiger partial charge in [0.05, 0.1) is 0 Å². The molecule has 0 aliphatic carbocycles. The molecular weight excluding hydrogens is 188 g/mol. The standard InChI is InChI=1S/C12H26N2O/c1-10(2)6-7-12(15)14(11(3)4)9-5-8-13/h10-11H,5-9,13H2,1-4H3. The molecule has 0 aromatic heterocycles. The molecule has 15 heavy (non-hydrogen) atoms. The maximum absolute atomic E-state index is 11.9. The maximum Gasteiger partial charge on any atom is 0.222 e. The van der Waals surface area contributed by atoms with E-state index in [4.69, 9.17) is 5.73 Å². The molecule has 3 heteroatoms. The van der Waals surface area contributed by atoms with Gasteiger partial charge in [-0.15, -0.1) is 0 Å². The first-order chi connectivity index (χ1) is 6.99. The quantitative estimate of drug-likeness (QED) is 0.704. The van der Waals surface area contributed by atoms with Crippen LogP contribution in [0, 0.1) is 5.92 Å². The Morgan fingerprint density at radius 1 is 1.27 bits per heavy atom. The molecule has 3 nitrogen and oxygen atoms in total. The molecule has 0 saturated heterocycles. The van der Waals surface area contributed by atoms with Gasteiger partial charge in [0.25, 0.3) is 0 Å². The summed E-state index contributed by atoms with van der Waals surface area (Å²) in [6.45, 7) is 9.86. The van der Waals surface area contributed by atoms with Crippen molar-refractivity contribution in [3.63, 3.8) is 0 Å². The monoisotopic (exact) mass is 214 g/mol. The Balaban J connectivity index is 4.05. The fourth-order valence-electron chi connectivity index (χ4n) is 1.49. The van der Waals surface area contributed by atoms with Crippen molar-refractivity contribution in [3.05, 3.63) is 0 Å². The largest absolute Gasteiger partial charge is 0.340 e. The normalized spacial score (nSPS) is 11.1. The summed E-state index contributed by atoms with van der Waals surface area (Å²) >= 11 is 0. The van der Waals surface area contributed by atoms with Crippen molar-refractivity contribution >= 4 is 5.91 Å².